The number of benzene rings is 1. The quantitative estimate of drug-likeness (QED) is 0.504. The van der Waals surface area contributed by atoms with E-state index in [0.717, 1.165) is 17.9 Å². The highest BCUT2D eigenvalue weighted by molar-refractivity contribution is 5.79. The minimum atomic E-state index is -2.86. The van der Waals surface area contributed by atoms with E-state index in [1.54, 1.807) is 24.4 Å². The maximum absolute atomic E-state index is 12.6. The van der Waals surface area contributed by atoms with Crippen LogP contribution < -0.4 is 15.4 Å². The molecule has 0 bridgehead atoms. The number of alkyl halides is 2. The summed E-state index contributed by atoms with van der Waals surface area (Å²) in [6, 6.07) is 5.10. The summed E-state index contributed by atoms with van der Waals surface area (Å²) in [5.74, 6) is 2.17. The fourth-order valence-electron chi connectivity index (χ4n) is 2.78. The molecule has 1 heterocycles. The SMILES string of the molecule is CCNC(=NCc1cc(C)ccc1OC(F)F)NCc1nccn1CC(C)C. The topological polar surface area (TPSA) is 63.5 Å². The highest BCUT2D eigenvalue weighted by atomic mass is 19.3. The third-order valence-corrected chi connectivity index (χ3v) is 3.96. The van der Waals surface area contributed by atoms with E-state index in [1.165, 1.54) is 0 Å². The van der Waals surface area contributed by atoms with Crippen LogP contribution >= 0.6 is 0 Å². The molecule has 0 aliphatic heterocycles. The molecule has 0 aliphatic carbocycles. The zero-order chi connectivity index (χ0) is 20.5. The molecule has 6 nitrogen and oxygen atoms in total. The minimum Gasteiger partial charge on any atom is -0.434 e. The second-order valence-corrected chi connectivity index (χ2v) is 6.93. The van der Waals surface area contributed by atoms with Gasteiger partial charge in [-0.05, 0) is 25.8 Å². The van der Waals surface area contributed by atoms with Crippen molar-refractivity contribution in [2.24, 2.45) is 10.9 Å². The molecule has 154 valence electrons. The van der Waals surface area contributed by atoms with Gasteiger partial charge in [0.05, 0.1) is 13.1 Å². The first kappa shape index (κ1) is 21.7. The summed E-state index contributed by atoms with van der Waals surface area (Å²) in [4.78, 5) is 8.91. The van der Waals surface area contributed by atoms with Gasteiger partial charge in [-0.25, -0.2) is 9.98 Å². The van der Waals surface area contributed by atoms with Crippen molar-refractivity contribution in [3.8, 4) is 5.75 Å². The van der Waals surface area contributed by atoms with Gasteiger partial charge in [0.2, 0.25) is 0 Å². The molecule has 28 heavy (non-hydrogen) atoms. The number of aryl methyl sites for hydroxylation is 1. The predicted molar refractivity (Wildman–Crippen MR) is 107 cm³/mol. The molecule has 0 aliphatic rings. The van der Waals surface area contributed by atoms with Crippen molar-refractivity contribution in [1.82, 2.24) is 20.2 Å². The van der Waals surface area contributed by atoms with E-state index >= 15 is 0 Å². The van der Waals surface area contributed by atoms with Gasteiger partial charge in [-0.3, -0.25) is 0 Å². The first-order chi connectivity index (χ1) is 13.4. The van der Waals surface area contributed by atoms with E-state index in [-0.39, 0.29) is 12.3 Å². The molecule has 0 amide bonds. The van der Waals surface area contributed by atoms with Gasteiger partial charge in [-0.2, -0.15) is 8.78 Å². The van der Waals surface area contributed by atoms with Gasteiger partial charge < -0.3 is 19.9 Å². The van der Waals surface area contributed by atoms with Gasteiger partial charge >= 0.3 is 6.61 Å². The van der Waals surface area contributed by atoms with Crippen molar-refractivity contribution in [1.29, 1.82) is 0 Å². The normalized spacial score (nSPS) is 11.9. The number of halogens is 2. The van der Waals surface area contributed by atoms with Gasteiger partial charge in [0.25, 0.3) is 0 Å². The van der Waals surface area contributed by atoms with Crippen LogP contribution in [-0.2, 0) is 19.6 Å². The molecule has 0 atom stereocenters. The highest BCUT2D eigenvalue weighted by Gasteiger charge is 2.11. The Morgan fingerprint density at radius 2 is 2.07 bits per heavy atom. The summed E-state index contributed by atoms with van der Waals surface area (Å²) >= 11 is 0. The third-order valence-electron chi connectivity index (χ3n) is 3.96. The Hall–Kier alpha value is -2.64. The number of hydrogen-bond acceptors (Lipinski definition) is 3. The minimum absolute atomic E-state index is 0.146. The Bertz CT molecular complexity index is 774. The molecule has 0 unspecified atom stereocenters. The molecule has 0 fully saturated rings. The lowest BCUT2D eigenvalue weighted by Crippen LogP contribution is -2.37. The zero-order valence-electron chi connectivity index (χ0n) is 16.9. The van der Waals surface area contributed by atoms with Crippen molar-refractivity contribution in [2.75, 3.05) is 6.54 Å². The van der Waals surface area contributed by atoms with Gasteiger partial charge in [0.15, 0.2) is 5.96 Å². The van der Waals surface area contributed by atoms with Crippen molar-refractivity contribution >= 4 is 5.96 Å². The molecule has 0 radical (unpaired) electrons. The summed E-state index contributed by atoms with van der Waals surface area (Å²) in [5.41, 5.74) is 1.57. The second-order valence-electron chi connectivity index (χ2n) is 6.93. The number of hydrogen-bond donors (Lipinski definition) is 2. The zero-order valence-corrected chi connectivity index (χ0v) is 16.9. The molecule has 2 aromatic rings. The largest absolute Gasteiger partial charge is 0.434 e. The van der Waals surface area contributed by atoms with Crippen LogP contribution in [0.5, 0.6) is 5.75 Å². The molecule has 2 N–H and O–H groups in total. The number of aromatic nitrogens is 2. The third kappa shape index (κ3) is 6.83. The highest BCUT2D eigenvalue weighted by Crippen LogP contribution is 2.22. The van der Waals surface area contributed by atoms with Crippen molar-refractivity contribution in [2.45, 2.75) is 53.9 Å². The molecule has 8 heteroatoms. The summed E-state index contributed by atoms with van der Waals surface area (Å²) in [6.45, 7) is 7.62. The molecule has 0 saturated heterocycles. The van der Waals surface area contributed by atoms with Crippen LogP contribution in [0.3, 0.4) is 0 Å². The number of guanidine groups is 1. The maximum atomic E-state index is 12.6. The van der Waals surface area contributed by atoms with Crippen molar-refractivity contribution in [3.05, 3.63) is 47.5 Å². The Morgan fingerprint density at radius 1 is 1.29 bits per heavy atom. The Labute approximate surface area is 165 Å². The van der Waals surface area contributed by atoms with Crippen LogP contribution in [-0.4, -0.2) is 28.7 Å². The molecule has 1 aromatic carbocycles. The number of nitrogens with one attached hydrogen (secondary N) is 2. The molecule has 2 rings (SSSR count). The van der Waals surface area contributed by atoms with E-state index in [2.05, 4.69) is 43.8 Å². The van der Waals surface area contributed by atoms with E-state index in [4.69, 9.17) is 0 Å². The Kier molecular flexibility index (Phi) is 8.22. The Balaban J connectivity index is 2.09. The second kappa shape index (κ2) is 10.6. The average Bonchev–Trinajstić information content (AvgIpc) is 3.05. The smallest absolute Gasteiger partial charge is 0.387 e. The average molecular weight is 393 g/mol. The van der Waals surface area contributed by atoms with Crippen LogP contribution in [0.15, 0.2) is 35.6 Å². The number of imidazole rings is 1. The van der Waals surface area contributed by atoms with Crippen LogP contribution in [0.1, 0.15) is 37.7 Å². The number of rotatable bonds is 9. The van der Waals surface area contributed by atoms with E-state index in [0.29, 0.717) is 30.5 Å². The summed E-state index contributed by atoms with van der Waals surface area (Å²) in [7, 11) is 0. The molecule has 1 aromatic heterocycles. The molecule has 0 spiro atoms. The van der Waals surface area contributed by atoms with Gasteiger partial charge in [-0.1, -0.05) is 31.5 Å². The molecular weight excluding hydrogens is 364 g/mol. The lowest BCUT2D eigenvalue weighted by molar-refractivity contribution is -0.0504. The monoisotopic (exact) mass is 393 g/mol. The predicted octanol–water partition coefficient (Wildman–Crippen LogP) is 3.70. The summed E-state index contributed by atoms with van der Waals surface area (Å²) < 4.78 is 32.0. The lowest BCUT2D eigenvalue weighted by atomic mass is 10.1. The summed E-state index contributed by atoms with van der Waals surface area (Å²) in [6.07, 6.45) is 3.74. The van der Waals surface area contributed by atoms with E-state index < -0.39 is 6.61 Å². The maximum Gasteiger partial charge on any atom is 0.387 e. The summed E-state index contributed by atoms with van der Waals surface area (Å²) in [5, 5.41) is 6.41. The first-order valence-electron chi connectivity index (χ1n) is 9.45. The van der Waals surface area contributed by atoms with Crippen LogP contribution in [0.25, 0.3) is 0 Å². The lowest BCUT2D eigenvalue weighted by Gasteiger charge is -2.14. The standard InChI is InChI=1S/C20H29F2N5O/c1-5-23-20(26-12-18-24-8-9-27(18)13-14(2)3)25-11-16-10-15(4)6-7-17(16)28-19(21)22/h6-10,14,19H,5,11-13H2,1-4H3,(H2,23,25,26). The van der Waals surface area contributed by atoms with Gasteiger partial charge in [0, 0.05) is 31.0 Å². The van der Waals surface area contributed by atoms with Crippen molar-refractivity contribution < 1.29 is 13.5 Å². The Morgan fingerprint density at radius 3 is 2.75 bits per heavy atom. The number of ether oxygens (including phenoxy) is 1. The van der Waals surface area contributed by atoms with E-state index in [9.17, 15) is 8.78 Å². The fourth-order valence-corrected chi connectivity index (χ4v) is 2.78. The number of nitrogens with zero attached hydrogens (tertiary/aromatic N) is 3. The van der Waals surface area contributed by atoms with Crippen molar-refractivity contribution in [3.63, 3.8) is 0 Å². The van der Waals surface area contributed by atoms with Crippen LogP contribution in [0.4, 0.5) is 8.78 Å². The fraction of sp³-hybridized carbons (Fsp3) is 0.500. The van der Waals surface area contributed by atoms with Crippen LogP contribution in [0, 0.1) is 12.8 Å². The van der Waals surface area contributed by atoms with E-state index in [1.807, 2.05) is 20.0 Å². The molecular formula is C20H29F2N5O. The van der Waals surface area contributed by atoms with Crippen LogP contribution in [0.2, 0.25) is 0 Å². The van der Waals surface area contributed by atoms with Gasteiger partial charge in [0.1, 0.15) is 11.6 Å². The van der Waals surface area contributed by atoms with Gasteiger partial charge in [-0.15, -0.1) is 0 Å². The first-order valence-corrected chi connectivity index (χ1v) is 9.45. The number of aliphatic imine (C=N–C) groups is 1. The molecule has 0 saturated carbocycles.